The third-order valence-corrected chi connectivity index (χ3v) is 7.37. The summed E-state index contributed by atoms with van der Waals surface area (Å²) >= 11 is 6.06. The number of carbonyl (C=O) groups excluding carboxylic acids is 1. The lowest BCUT2D eigenvalue weighted by molar-refractivity contribution is -0.143. The third-order valence-electron chi connectivity index (χ3n) is 7.11. The van der Waals surface area contributed by atoms with Crippen molar-refractivity contribution in [1.82, 2.24) is 14.7 Å². The average molecular weight is 464 g/mol. The maximum Gasteiger partial charge on any atom is 0.222 e. The first-order chi connectivity index (χ1) is 15.5. The van der Waals surface area contributed by atoms with Gasteiger partial charge in [0.1, 0.15) is 0 Å². The molecule has 1 amide bonds. The molecule has 6 nitrogen and oxygen atoms in total. The Bertz CT molecular complexity index is 730. The fraction of sp³-hybridized carbons (Fsp3) is 0.720. The van der Waals surface area contributed by atoms with Crippen molar-refractivity contribution in [2.45, 2.75) is 57.9 Å². The Labute approximate surface area is 197 Å². The van der Waals surface area contributed by atoms with E-state index in [1.165, 1.54) is 5.56 Å². The molecule has 32 heavy (non-hydrogen) atoms. The number of benzene rings is 1. The topological polar surface area (TPSA) is 45.3 Å². The monoisotopic (exact) mass is 463 g/mol. The zero-order valence-electron chi connectivity index (χ0n) is 19.5. The SMILES string of the molecule is C[C@@H]1CN(C(=O)CC[C@@H]2CN(Cc3ccc(Cl)cc3)CC[C@@H]2N2CCOCC2)C[C@H](C)O1. The second kappa shape index (κ2) is 11.3. The molecule has 1 aromatic rings. The lowest BCUT2D eigenvalue weighted by atomic mass is 9.86. The van der Waals surface area contributed by atoms with Gasteiger partial charge >= 0.3 is 0 Å². The molecule has 3 fully saturated rings. The summed E-state index contributed by atoms with van der Waals surface area (Å²) < 4.78 is 11.4. The molecule has 3 aliphatic heterocycles. The number of amides is 1. The number of ether oxygens (including phenoxy) is 2. The molecule has 0 aliphatic carbocycles. The predicted octanol–water partition coefficient (Wildman–Crippen LogP) is 3.28. The summed E-state index contributed by atoms with van der Waals surface area (Å²) in [4.78, 5) is 20.2. The highest BCUT2D eigenvalue weighted by atomic mass is 35.5. The molecule has 0 bridgehead atoms. The highest BCUT2D eigenvalue weighted by Crippen LogP contribution is 2.29. The Kier molecular flexibility index (Phi) is 8.46. The van der Waals surface area contributed by atoms with Gasteiger partial charge in [0.05, 0.1) is 25.4 Å². The highest BCUT2D eigenvalue weighted by molar-refractivity contribution is 6.30. The second-order valence-electron chi connectivity index (χ2n) is 9.72. The number of halogens is 1. The third kappa shape index (κ3) is 6.45. The first kappa shape index (κ1) is 24.0. The minimum atomic E-state index is 0.119. The van der Waals surface area contributed by atoms with Crippen LogP contribution in [0.5, 0.6) is 0 Å². The van der Waals surface area contributed by atoms with Crippen LogP contribution in [0.15, 0.2) is 24.3 Å². The lowest BCUT2D eigenvalue weighted by Crippen LogP contribution is -2.54. The molecule has 0 unspecified atom stereocenters. The Hall–Kier alpha value is -1.18. The van der Waals surface area contributed by atoms with Crippen LogP contribution in [-0.2, 0) is 20.8 Å². The summed E-state index contributed by atoms with van der Waals surface area (Å²) in [5, 5.41) is 0.780. The Morgan fingerprint density at radius 3 is 2.41 bits per heavy atom. The van der Waals surface area contributed by atoms with Gasteiger partial charge < -0.3 is 14.4 Å². The van der Waals surface area contributed by atoms with E-state index in [1.807, 2.05) is 17.0 Å². The number of morpholine rings is 2. The first-order valence-corrected chi connectivity index (χ1v) is 12.6. The van der Waals surface area contributed by atoms with Gasteiger partial charge in [0.15, 0.2) is 0 Å². The first-order valence-electron chi connectivity index (χ1n) is 12.2. The quantitative estimate of drug-likeness (QED) is 0.647. The van der Waals surface area contributed by atoms with E-state index in [9.17, 15) is 4.79 Å². The van der Waals surface area contributed by atoms with Crippen molar-refractivity contribution in [3.63, 3.8) is 0 Å². The summed E-state index contributed by atoms with van der Waals surface area (Å²) in [6, 6.07) is 8.72. The molecule has 4 rings (SSSR count). The van der Waals surface area contributed by atoms with Gasteiger partial charge in [0.25, 0.3) is 0 Å². The fourth-order valence-corrected chi connectivity index (χ4v) is 5.73. The van der Waals surface area contributed by atoms with Crippen molar-refractivity contribution in [3.8, 4) is 0 Å². The number of hydrogen-bond acceptors (Lipinski definition) is 5. The van der Waals surface area contributed by atoms with E-state index < -0.39 is 0 Å². The molecule has 0 N–H and O–H groups in total. The number of hydrogen-bond donors (Lipinski definition) is 0. The molecule has 178 valence electrons. The molecule has 1 aromatic carbocycles. The van der Waals surface area contributed by atoms with Crippen LogP contribution in [-0.4, -0.2) is 91.3 Å². The normalized spacial score (nSPS) is 30.4. The van der Waals surface area contributed by atoms with Crippen LogP contribution in [0.1, 0.15) is 38.7 Å². The molecule has 3 heterocycles. The standard InChI is InChI=1S/C25H38ClN3O3/c1-19-15-29(16-20(2)32-19)25(30)8-5-22-18-27(17-21-3-6-23(26)7-4-21)10-9-24(22)28-11-13-31-14-12-28/h3-4,6-7,19-20,22,24H,5,8-18H2,1-2H3/t19-,20+,22-,24+/m1/s1. The molecular formula is C25H38ClN3O3. The van der Waals surface area contributed by atoms with E-state index >= 15 is 0 Å². The van der Waals surface area contributed by atoms with Gasteiger partial charge in [0, 0.05) is 56.8 Å². The maximum absolute atomic E-state index is 13.0. The van der Waals surface area contributed by atoms with Gasteiger partial charge in [-0.2, -0.15) is 0 Å². The molecule has 3 saturated heterocycles. The smallest absolute Gasteiger partial charge is 0.222 e. The van der Waals surface area contributed by atoms with Gasteiger partial charge in [-0.15, -0.1) is 0 Å². The van der Waals surface area contributed by atoms with E-state index in [2.05, 4.69) is 35.8 Å². The average Bonchev–Trinajstić information content (AvgIpc) is 2.79. The number of likely N-dealkylation sites (tertiary alicyclic amines) is 1. The van der Waals surface area contributed by atoms with Gasteiger partial charge in [-0.25, -0.2) is 0 Å². The Balaban J connectivity index is 1.38. The number of nitrogens with zero attached hydrogens (tertiary/aromatic N) is 3. The number of carbonyl (C=O) groups is 1. The zero-order valence-corrected chi connectivity index (χ0v) is 20.3. The van der Waals surface area contributed by atoms with Crippen molar-refractivity contribution in [2.75, 3.05) is 52.5 Å². The highest BCUT2D eigenvalue weighted by Gasteiger charge is 2.35. The second-order valence-corrected chi connectivity index (χ2v) is 10.2. The van der Waals surface area contributed by atoms with E-state index in [0.29, 0.717) is 31.5 Å². The summed E-state index contributed by atoms with van der Waals surface area (Å²) in [7, 11) is 0. The van der Waals surface area contributed by atoms with Crippen LogP contribution in [0.4, 0.5) is 0 Å². The maximum atomic E-state index is 13.0. The van der Waals surface area contributed by atoms with E-state index in [4.69, 9.17) is 21.1 Å². The van der Waals surface area contributed by atoms with Crippen molar-refractivity contribution >= 4 is 17.5 Å². The Morgan fingerprint density at radius 2 is 1.72 bits per heavy atom. The van der Waals surface area contributed by atoms with Gasteiger partial charge in [-0.05, 0) is 56.8 Å². The van der Waals surface area contributed by atoms with Gasteiger partial charge in [-0.1, -0.05) is 23.7 Å². The molecule has 0 aromatic heterocycles. The van der Waals surface area contributed by atoms with Crippen LogP contribution in [0.2, 0.25) is 5.02 Å². The van der Waals surface area contributed by atoms with E-state index in [1.54, 1.807) is 0 Å². The van der Waals surface area contributed by atoms with Crippen molar-refractivity contribution in [3.05, 3.63) is 34.9 Å². The molecule has 7 heteroatoms. The molecular weight excluding hydrogens is 426 g/mol. The zero-order chi connectivity index (χ0) is 22.5. The molecule has 0 saturated carbocycles. The van der Waals surface area contributed by atoms with Crippen LogP contribution >= 0.6 is 11.6 Å². The van der Waals surface area contributed by atoms with Gasteiger partial charge in [0.2, 0.25) is 5.91 Å². The molecule has 3 aliphatic rings. The lowest BCUT2D eigenvalue weighted by Gasteiger charge is -2.45. The van der Waals surface area contributed by atoms with Crippen LogP contribution in [0, 0.1) is 5.92 Å². The van der Waals surface area contributed by atoms with Crippen LogP contribution in [0.3, 0.4) is 0 Å². The Morgan fingerprint density at radius 1 is 1.03 bits per heavy atom. The van der Waals surface area contributed by atoms with Crippen molar-refractivity contribution in [1.29, 1.82) is 0 Å². The van der Waals surface area contributed by atoms with E-state index in [0.717, 1.165) is 63.8 Å². The summed E-state index contributed by atoms with van der Waals surface area (Å²) in [6.45, 7) is 12.3. The van der Waals surface area contributed by atoms with Crippen molar-refractivity contribution < 1.29 is 14.3 Å². The summed E-state index contributed by atoms with van der Waals surface area (Å²) in [5.74, 6) is 0.775. The predicted molar refractivity (Wildman–Crippen MR) is 127 cm³/mol. The number of piperidine rings is 1. The number of rotatable bonds is 6. The largest absolute Gasteiger partial charge is 0.379 e. The molecule has 0 spiro atoms. The molecule has 0 radical (unpaired) electrons. The van der Waals surface area contributed by atoms with Crippen molar-refractivity contribution in [2.24, 2.45) is 5.92 Å². The summed E-state index contributed by atoms with van der Waals surface area (Å²) in [5.41, 5.74) is 1.30. The molecule has 4 atom stereocenters. The minimum Gasteiger partial charge on any atom is -0.379 e. The summed E-state index contributed by atoms with van der Waals surface area (Å²) in [6.07, 6.45) is 2.96. The van der Waals surface area contributed by atoms with Crippen LogP contribution in [0.25, 0.3) is 0 Å². The van der Waals surface area contributed by atoms with E-state index in [-0.39, 0.29) is 18.1 Å². The van der Waals surface area contributed by atoms with Crippen LogP contribution < -0.4 is 0 Å². The minimum absolute atomic E-state index is 0.119. The van der Waals surface area contributed by atoms with Gasteiger partial charge in [-0.3, -0.25) is 14.6 Å². The fourth-order valence-electron chi connectivity index (χ4n) is 5.61.